The highest BCUT2D eigenvalue weighted by Gasteiger charge is 2.27. The largest absolute Gasteiger partial charge is 0.291 e. The van der Waals surface area contributed by atoms with E-state index in [1.54, 1.807) is 0 Å². The number of benzene rings is 2. The minimum absolute atomic E-state index is 0.619. The van der Waals surface area contributed by atoms with Crippen LogP contribution in [0.25, 0.3) is 11.1 Å². The zero-order chi connectivity index (χ0) is 19.6. The Bertz CT molecular complexity index is 1060. The maximum Gasteiger partial charge on any atom is 0.0991 e. The normalized spacial score (nSPS) is 15.0. The highest BCUT2D eigenvalue weighted by molar-refractivity contribution is 6.28. The fourth-order valence-electron chi connectivity index (χ4n) is 3.50. The summed E-state index contributed by atoms with van der Waals surface area (Å²) >= 11 is 0. The summed E-state index contributed by atoms with van der Waals surface area (Å²) in [5.74, 6) is 0. The molecule has 0 fully saturated rings. The number of hydrogen-bond acceptors (Lipinski definition) is 3. The quantitative estimate of drug-likeness (QED) is 0.741. The van der Waals surface area contributed by atoms with Gasteiger partial charge in [-0.3, -0.25) is 9.89 Å². The van der Waals surface area contributed by atoms with E-state index in [0.717, 1.165) is 44.7 Å². The molecule has 0 amide bonds. The summed E-state index contributed by atoms with van der Waals surface area (Å²) in [6.45, 7) is 8.72. The number of allylic oxidation sites excluding steroid dienone is 3. The van der Waals surface area contributed by atoms with E-state index in [-0.39, 0.29) is 0 Å². The van der Waals surface area contributed by atoms with Gasteiger partial charge in [-0.25, -0.2) is 0 Å². The molecule has 0 aliphatic heterocycles. The predicted octanol–water partition coefficient (Wildman–Crippen LogP) is 4.83. The molecule has 0 bridgehead atoms. The third kappa shape index (κ3) is 3.41. The lowest BCUT2D eigenvalue weighted by molar-refractivity contribution is 0.424. The van der Waals surface area contributed by atoms with Gasteiger partial charge in [0, 0.05) is 16.7 Å². The molecule has 0 radical (unpaired) electrons. The van der Waals surface area contributed by atoms with Crippen LogP contribution >= 0.6 is 0 Å². The van der Waals surface area contributed by atoms with E-state index in [1.807, 2.05) is 56.3 Å². The predicted molar refractivity (Wildman–Crippen MR) is 113 cm³/mol. The number of rotatable bonds is 3. The first-order valence-corrected chi connectivity index (χ1v) is 8.89. The molecule has 0 atom stereocenters. The lowest BCUT2D eigenvalue weighted by Crippen LogP contribution is -2.19. The molecule has 0 unspecified atom stereocenters. The maximum atomic E-state index is 9.19. The molecule has 134 valence electrons. The highest BCUT2D eigenvalue weighted by Crippen LogP contribution is 2.41. The van der Waals surface area contributed by atoms with Crippen molar-refractivity contribution in [2.24, 2.45) is 4.99 Å². The van der Waals surface area contributed by atoms with E-state index in [2.05, 4.69) is 37.4 Å². The zero-order valence-electron chi connectivity index (χ0n) is 16.3. The number of nitriles is 1. The van der Waals surface area contributed by atoms with Crippen LogP contribution in [0.4, 0.5) is 0 Å². The van der Waals surface area contributed by atoms with E-state index >= 15 is 0 Å². The third-order valence-electron chi connectivity index (χ3n) is 4.75. The summed E-state index contributed by atoms with van der Waals surface area (Å²) in [6.07, 6.45) is 0. The molecule has 0 saturated carbocycles. The van der Waals surface area contributed by atoms with Gasteiger partial charge in [-0.2, -0.15) is 5.26 Å². The number of nitrogens with zero attached hydrogens (tertiary/aromatic N) is 3. The zero-order valence-corrected chi connectivity index (χ0v) is 16.3. The Balaban J connectivity index is 2.31. The van der Waals surface area contributed by atoms with Crippen LogP contribution in [-0.2, 0) is 0 Å². The van der Waals surface area contributed by atoms with Crippen molar-refractivity contribution in [1.82, 2.24) is 4.90 Å². The average Bonchev–Trinajstić information content (AvgIpc) is 2.66. The highest BCUT2D eigenvalue weighted by atomic mass is 15.1. The van der Waals surface area contributed by atoms with Gasteiger partial charge in [0.25, 0.3) is 0 Å². The van der Waals surface area contributed by atoms with E-state index in [0.29, 0.717) is 12.2 Å². The van der Waals surface area contributed by atoms with E-state index in [9.17, 15) is 5.26 Å². The van der Waals surface area contributed by atoms with Crippen molar-refractivity contribution < 1.29 is 0 Å². The molecule has 3 nitrogen and oxygen atoms in total. The van der Waals surface area contributed by atoms with Gasteiger partial charge in [0.15, 0.2) is 0 Å². The van der Waals surface area contributed by atoms with Crippen molar-refractivity contribution in [3.8, 4) is 6.07 Å². The van der Waals surface area contributed by atoms with Gasteiger partial charge in [0.2, 0.25) is 0 Å². The summed E-state index contributed by atoms with van der Waals surface area (Å²) in [7, 11) is 4.02. The third-order valence-corrected chi connectivity index (χ3v) is 4.75. The summed E-state index contributed by atoms with van der Waals surface area (Å²) in [5.41, 5.74) is 12.3. The molecule has 1 aliphatic rings. The number of hydrogen-bond donors (Lipinski definition) is 0. The van der Waals surface area contributed by atoms with E-state index in [1.165, 1.54) is 0 Å². The Morgan fingerprint density at radius 3 is 2.33 bits per heavy atom. The molecular weight excluding hydrogens is 330 g/mol. The lowest BCUT2D eigenvalue weighted by Gasteiger charge is -2.26. The van der Waals surface area contributed by atoms with Gasteiger partial charge in [0.1, 0.15) is 0 Å². The second-order valence-corrected chi connectivity index (χ2v) is 6.97. The number of aryl methyl sites for hydroxylation is 1. The average molecular weight is 353 g/mol. The Hall–Kier alpha value is -3.18. The smallest absolute Gasteiger partial charge is 0.0991 e. The van der Waals surface area contributed by atoms with Gasteiger partial charge in [0.05, 0.1) is 24.0 Å². The van der Waals surface area contributed by atoms with Crippen molar-refractivity contribution in [1.29, 1.82) is 5.26 Å². The first-order valence-electron chi connectivity index (χ1n) is 8.89. The van der Waals surface area contributed by atoms with Crippen molar-refractivity contribution in [2.75, 3.05) is 20.8 Å². The Kier molecular flexibility index (Phi) is 5.23. The van der Waals surface area contributed by atoms with Crippen LogP contribution in [0.15, 0.2) is 65.3 Å². The minimum atomic E-state index is 0.619. The Morgan fingerprint density at radius 1 is 1.04 bits per heavy atom. The Morgan fingerprint density at radius 2 is 1.74 bits per heavy atom. The molecule has 0 saturated heterocycles. The molecule has 27 heavy (non-hydrogen) atoms. The van der Waals surface area contributed by atoms with Crippen molar-refractivity contribution in [3.63, 3.8) is 0 Å². The molecule has 0 heterocycles. The topological polar surface area (TPSA) is 39.4 Å². The van der Waals surface area contributed by atoms with Crippen molar-refractivity contribution in [2.45, 2.75) is 13.8 Å². The van der Waals surface area contributed by atoms with Crippen LogP contribution in [0.5, 0.6) is 0 Å². The van der Waals surface area contributed by atoms with E-state index < -0.39 is 0 Å². The van der Waals surface area contributed by atoms with Crippen LogP contribution < -0.4 is 0 Å². The molecule has 3 rings (SSSR count). The standard InChI is InChI=1S/C24H23N3/c1-6-19-21-9-7-8-10-22(21)24(26-15-27(4)5)17(3)23(19)20-12-11-18(14-25)13-16(20)2/h7-13H,1,15H2,2-5H3. The molecule has 0 spiro atoms. The van der Waals surface area contributed by atoms with Crippen LogP contribution in [0.3, 0.4) is 0 Å². The summed E-state index contributed by atoms with van der Waals surface area (Å²) < 4.78 is 0. The second kappa shape index (κ2) is 7.60. The fourth-order valence-corrected chi connectivity index (χ4v) is 3.50. The summed E-state index contributed by atoms with van der Waals surface area (Å²) in [6, 6.07) is 16.3. The molecule has 3 heteroatoms. The SMILES string of the molecule is C=C=C1C(c2ccc(C#N)cc2C)=C(C)C(=NCN(C)C)c2ccccc21. The van der Waals surface area contributed by atoms with Crippen molar-refractivity contribution >= 4 is 16.9 Å². The van der Waals surface area contributed by atoms with Crippen molar-refractivity contribution in [3.05, 3.63) is 88.2 Å². The van der Waals surface area contributed by atoms with Gasteiger partial charge < -0.3 is 0 Å². The van der Waals surface area contributed by atoms with Gasteiger partial charge >= 0.3 is 0 Å². The number of aliphatic imine (C=N–C) groups is 1. The molecule has 0 aromatic heterocycles. The first kappa shape index (κ1) is 18.6. The second-order valence-electron chi connectivity index (χ2n) is 6.97. The van der Waals surface area contributed by atoms with Crippen LogP contribution in [0, 0.1) is 18.3 Å². The van der Waals surface area contributed by atoms with Crippen LogP contribution in [0.2, 0.25) is 0 Å². The van der Waals surface area contributed by atoms with E-state index in [4.69, 9.17) is 4.99 Å². The number of fused-ring (bicyclic) bond motifs is 1. The molecule has 0 N–H and O–H groups in total. The minimum Gasteiger partial charge on any atom is -0.291 e. The summed E-state index contributed by atoms with van der Waals surface area (Å²) in [4.78, 5) is 6.93. The van der Waals surface area contributed by atoms with Gasteiger partial charge in [-0.15, -0.1) is 5.73 Å². The van der Waals surface area contributed by atoms with Crippen LogP contribution in [0.1, 0.15) is 34.7 Å². The molecule has 2 aromatic rings. The van der Waals surface area contributed by atoms with Gasteiger partial charge in [-0.05, 0) is 62.3 Å². The summed E-state index contributed by atoms with van der Waals surface area (Å²) in [5, 5.41) is 9.19. The van der Waals surface area contributed by atoms with Crippen LogP contribution in [-0.4, -0.2) is 31.4 Å². The maximum absolute atomic E-state index is 9.19. The fraction of sp³-hybridized carbons (Fsp3) is 0.208. The molecule has 2 aromatic carbocycles. The van der Waals surface area contributed by atoms with Gasteiger partial charge in [-0.1, -0.05) is 36.9 Å². The lowest BCUT2D eigenvalue weighted by atomic mass is 9.78. The molecular formula is C24H23N3. The monoisotopic (exact) mass is 353 g/mol. The Labute approximate surface area is 161 Å². The molecule has 1 aliphatic carbocycles. The first-order chi connectivity index (χ1) is 13.0.